The van der Waals surface area contributed by atoms with Gasteiger partial charge >= 0.3 is 0 Å². The van der Waals surface area contributed by atoms with Crippen LogP contribution in [0.3, 0.4) is 0 Å². The van der Waals surface area contributed by atoms with Gasteiger partial charge in [0.05, 0.1) is 12.8 Å². The predicted molar refractivity (Wildman–Crippen MR) is 91.0 cm³/mol. The molecular formula is C18H18FNO2S. The van der Waals surface area contributed by atoms with Crippen molar-refractivity contribution in [3.8, 4) is 5.75 Å². The first-order chi connectivity index (χ1) is 11.1. The van der Waals surface area contributed by atoms with E-state index in [9.17, 15) is 9.18 Å². The summed E-state index contributed by atoms with van der Waals surface area (Å²) >= 11 is 1.77. The summed E-state index contributed by atoms with van der Waals surface area (Å²) in [5, 5.41) is 0.432. The summed E-state index contributed by atoms with van der Waals surface area (Å²) < 4.78 is 18.8. The van der Waals surface area contributed by atoms with Crippen LogP contribution in [0.25, 0.3) is 0 Å². The van der Waals surface area contributed by atoms with Crippen LogP contribution in [0, 0.1) is 5.82 Å². The number of amides is 1. The molecule has 1 aliphatic heterocycles. The van der Waals surface area contributed by atoms with Crippen LogP contribution in [0.5, 0.6) is 5.75 Å². The number of para-hydroxylation sites is 1. The molecule has 0 radical (unpaired) electrons. The molecule has 23 heavy (non-hydrogen) atoms. The molecule has 0 N–H and O–H groups in total. The summed E-state index contributed by atoms with van der Waals surface area (Å²) in [6.07, 6.45) is 0.893. The molecule has 0 fully saturated rings. The number of thioether (sulfide) groups is 1. The molecule has 0 saturated carbocycles. The molecule has 0 aliphatic carbocycles. The molecule has 120 valence electrons. The minimum absolute atomic E-state index is 0.141. The maximum atomic E-state index is 13.9. The Balaban J connectivity index is 1.97. The van der Waals surface area contributed by atoms with Crippen LogP contribution < -0.4 is 9.64 Å². The molecule has 0 saturated heterocycles. The van der Waals surface area contributed by atoms with E-state index >= 15 is 0 Å². The van der Waals surface area contributed by atoms with E-state index < -0.39 is 5.82 Å². The number of nitrogens with zero attached hydrogens (tertiary/aromatic N) is 1. The molecule has 1 unspecified atom stereocenters. The van der Waals surface area contributed by atoms with Gasteiger partial charge in [-0.3, -0.25) is 4.79 Å². The molecule has 2 aromatic carbocycles. The van der Waals surface area contributed by atoms with Gasteiger partial charge in [-0.05, 0) is 36.8 Å². The maximum Gasteiger partial charge on any atom is 0.258 e. The molecule has 1 atom stereocenters. The minimum Gasteiger partial charge on any atom is -0.494 e. The van der Waals surface area contributed by atoms with Gasteiger partial charge in [0.25, 0.3) is 5.91 Å². The third kappa shape index (κ3) is 3.20. The molecule has 1 heterocycles. The highest BCUT2D eigenvalue weighted by Gasteiger charge is 2.25. The van der Waals surface area contributed by atoms with Crippen molar-refractivity contribution in [1.29, 1.82) is 0 Å². The van der Waals surface area contributed by atoms with Crippen molar-refractivity contribution in [1.82, 2.24) is 0 Å². The Labute approximate surface area is 139 Å². The van der Waals surface area contributed by atoms with E-state index in [2.05, 4.69) is 6.92 Å². The zero-order valence-corrected chi connectivity index (χ0v) is 13.9. The number of benzene rings is 2. The molecular weight excluding hydrogens is 313 g/mol. The van der Waals surface area contributed by atoms with E-state index in [0.717, 1.165) is 17.0 Å². The topological polar surface area (TPSA) is 29.5 Å². The van der Waals surface area contributed by atoms with Gasteiger partial charge in [0, 0.05) is 22.3 Å². The Morgan fingerprint density at radius 1 is 1.30 bits per heavy atom. The van der Waals surface area contributed by atoms with Crippen molar-refractivity contribution < 1.29 is 13.9 Å². The molecule has 0 spiro atoms. The number of fused-ring (bicyclic) bond motifs is 1. The molecule has 1 amide bonds. The lowest BCUT2D eigenvalue weighted by Crippen LogP contribution is -2.32. The Morgan fingerprint density at radius 2 is 2.09 bits per heavy atom. The first kappa shape index (κ1) is 15.9. The zero-order chi connectivity index (χ0) is 16.4. The number of carbonyl (C=O) groups is 1. The number of hydrogen-bond donors (Lipinski definition) is 0. The van der Waals surface area contributed by atoms with Crippen molar-refractivity contribution in [2.75, 3.05) is 18.6 Å². The molecule has 1 aliphatic rings. The average Bonchev–Trinajstić information content (AvgIpc) is 2.72. The number of ether oxygens (including phenoxy) is 1. The number of rotatable bonds is 2. The van der Waals surface area contributed by atoms with Crippen molar-refractivity contribution >= 4 is 23.4 Å². The summed E-state index contributed by atoms with van der Waals surface area (Å²) in [5.41, 5.74) is 1.22. The summed E-state index contributed by atoms with van der Waals surface area (Å²) in [7, 11) is 1.41. The van der Waals surface area contributed by atoms with Gasteiger partial charge in [-0.15, -0.1) is 11.8 Å². The standard InChI is InChI=1S/C18H18FNO2S/c1-12-9-10-20(15-5-3-4-6-17(15)23-12)18(21)13-7-8-16(22-2)14(19)11-13/h3-8,11-12H,9-10H2,1-2H3. The van der Waals surface area contributed by atoms with Crippen molar-refractivity contribution in [3.05, 3.63) is 53.8 Å². The lowest BCUT2D eigenvalue weighted by Gasteiger charge is -2.22. The molecule has 5 heteroatoms. The quantitative estimate of drug-likeness (QED) is 0.818. The van der Waals surface area contributed by atoms with E-state index in [4.69, 9.17) is 4.74 Å². The fourth-order valence-electron chi connectivity index (χ4n) is 2.65. The fraction of sp³-hybridized carbons (Fsp3) is 0.278. The Morgan fingerprint density at radius 3 is 2.83 bits per heavy atom. The van der Waals surface area contributed by atoms with Crippen LogP contribution in [0.15, 0.2) is 47.4 Å². The van der Waals surface area contributed by atoms with E-state index in [1.54, 1.807) is 22.7 Å². The van der Waals surface area contributed by atoms with Crippen molar-refractivity contribution in [2.45, 2.75) is 23.5 Å². The number of hydrogen-bond acceptors (Lipinski definition) is 3. The highest BCUT2D eigenvalue weighted by atomic mass is 32.2. The van der Waals surface area contributed by atoms with Crippen LogP contribution in [0.2, 0.25) is 0 Å². The number of anilines is 1. The summed E-state index contributed by atoms with van der Waals surface area (Å²) in [5.74, 6) is -0.570. The molecule has 0 bridgehead atoms. The van der Waals surface area contributed by atoms with Gasteiger partial charge in [0.1, 0.15) is 0 Å². The van der Waals surface area contributed by atoms with Gasteiger partial charge in [-0.2, -0.15) is 0 Å². The monoisotopic (exact) mass is 331 g/mol. The number of carbonyl (C=O) groups excluding carboxylic acids is 1. The van der Waals surface area contributed by atoms with Crippen LogP contribution in [-0.2, 0) is 0 Å². The van der Waals surface area contributed by atoms with Gasteiger partial charge < -0.3 is 9.64 Å². The lowest BCUT2D eigenvalue weighted by molar-refractivity contribution is 0.0986. The van der Waals surface area contributed by atoms with Gasteiger partial charge in [-0.25, -0.2) is 4.39 Å². The highest BCUT2D eigenvalue weighted by Crippen LogP contribution is 2.38. The van der Waals surface area contributed by atoms with Gasteiger partial charge in [-0.1, -0.05) is 19.1 Å². The normalized spacial score (nSPS) is 17.3. The maximum absolute atomic E-state index is 13.9. The van der Waals surface area contributed by atoms with E-state index in [-0.39, 0.29) is 11.7 Å². The number of methoxy groups -OCH3 is 1. The average molecular weight is 331 g/mol. The Kier molecular flexibility index (Phi) is 4.57. The molecule has 3 nitrogen and oxygen atoms in total. The third-order valence-electron chi connectivity index (χ3n) is 3.89. The SMILES string of the molecule is COc1ccc(C(=O)N2CCC(C)Sc3ccccc32)cc1F. The first-order valence-electron chi connectivity index (χ1n) is 7.51. The van der Waals surface area contributed by atoms with Crippen LogP contribution in [0.4, 0.5) is 10.1 Å². The molecule has 2 aromatic rings. The van der Waals surface area contributed by atoms with Crippen LogP contribution in [0.1, 0.15) is 23.7 Å². The zero-order valence-electron chi connectivity index (χ0n) is 13.1. The largest absolute Gasteiger partial charge is 0.494 e. The Bertz CT molecular complexity index is 735. The second-order valence-corrected chi connectivity index (χ2v) is 6.97. The predicted octanol–water partition coefficient (Wildman–Crippen LogP) is 4.37. The Hall–Kier alpha value is -2.01. The lowest BCUT2D eigenvalue weighted by atomic mass is 10.1. The fourth-order valence-corrected chi connectivity index (χ4v) is 3.77. The van der Waals surface area contributed by atoms with Gasteiger partial charge in [0.15, 0.2) is 11.6 Å². The minimum atomic E-state index is -0.524. The summed E-state index contributed by atoms with van der Waals surface area (Å²) in [6, 6.07) is 12.2. The second-order valence-electron chi connectivity index (χ2n) is 5.49. The second kappa shape index (κ2) is 6.62. The molecule has 3 rings (SSSR count). The van der Waals surface area contributed by atoms with Crippen molar-refractivity contribution in [2.24, 2.45) is 0 Å². The number of halogens is 1. The highest BCUT2D eigenvalue weighted by molar-refractivity contribution is 8.00. The van der Waals surface area contributed by atoms with Crippen LogP contribution in [-0.4, -0.2) is 24.8 Å². The smallest absolute Gasteiger partial charge is 0.258 e. The van der Waals surface area contributed by atoms with E-state index in [1.165, 1.54) is 19.2 Å². The van der Waals surface area contributed by atoms with E-state index in [0.29, 0.717) is 17.4 Å². The van der Waals surface area contributed by atoms with Crippen LogP contribution >= 0.6 is 11.8 Å². The first-order valence-corrected chi connectivity index (χ1v) is 8.39. The van der Waals surface area contributed by atoms with Gasteiger partial charge in [0.2, 0.25) is 0 Å². The third-order valence-corrected chi connectivity index (χ3v) is 5.12. The van der Waals surface area contributed by atoms with E-state index in [1.807, 2.05) is 24.3 Å². The summed E-state index contributed by atoms with van der Waals surface area (Å²) in [4.78, 5) is 15.7. The molecule has 0 aromatic heterocycles. The summed E-state index contributed by atoms with van der Waals surface area (Å²) in [6.45, 7) is 2.78. The van der Waals surface area contributed by atoms with Crippen molar-refractivity contribution in [3.63, 3.8) is 0 Å².